The van der Waals surface area contributed by atoms with E-state index >= 15 is 0 Å². The molecule has 1 atom stereocenters. The van der Waals surface area contributed by atoms with E-state index in [1.807, 2.05) is 0 Å². The van der Waals surface area contributed by atoms with Gasteiger partial charge in [0.1, 0.15) is 0 Å². The van der Waals surface area contributed by atoms with Gasteiger partial charge in [0, 0.05) is 0 Å². The van der Waals surface area contributed by atoms with Crippen LogP contribution < -0.4 is 29.6 Å². The minimum atomic E-state index is 0. The summed E-state index contributed by atoms with van der Waals surface area (Å²) < 4.78 is 5.19. The van der Waals surface area contributed by atoms with E-state index in [4.69, 9.17) is 4.74 Å². The van der Waals surface area contributed by atoms with Crippen molar-refractivity contribution in [1.29, 1.82) is 0 Å². The Kier molecular flexibility index (Phi) is 14.9. The van der Waals surface area contributed by atoms with Gasteiger partial charge in [-0.3, -0.25) is 4.79 Å². The minimum absolute atomic E-state index is 0. The summed E-state index contributed by atoms with van der Waals surface area (Å²) in [6.45, 7) is 6.90. The predicted molar refractivity (Wildman–Crippen MR) is 60.3 cm³/mol. The molecule has 3 heteroatoms. The monoisotopic (exact) mass is 224 g/mol. The fraction of sp³-hybridized carbons (Fsp3) is 0.917. The Hall–Kier alpha value is 0.470. The van der Waals surface area contributed by atoms with Crippen LogP contribution in [0.25, 0.3) is 0 Å². The molecule has 2 nitrogen and oxygen atoms in total. The molecular formula is C12H25NaO2. The molecule has 0 bridgehead atoms. The first-order valence-corrected chi connectivity index (χ1v) is 5.92. The van der Waals surface area contributed by atoms with Crippen molar-refractivity contribution in [3.05, 3.63) is 0 Å². The normalized spacial score (nSPS) is 11.7. The molecule has 0 radical (unpaired) electrons. The van der Waals surface area contributed by atoms with Crippen LogP contribution in [0, 0.1) is 5.92 Å². The first kappa shape index (κ1) is 17.9. The maximum atomic E-state index is 11.5. The van der Waals surface area contributed by atoms with Crippen LogP contribution in [0.2, 0.25) is 0 Å². The number of esters is 1. The fourth-order valence-electron chi connectivity index (χ4n) is 1.37. The Bertz CT molecular complexity index is 154. The first-order valence-electron chi connectivity index (χ1n) is 5.92. The summed E-state index contributed by atoms with van der Waals surface area (Å²) in [5.74, 6) is 0.140. The van der Waals surface area contributed by atoms with Crippen molar-refractivity contribution in [1.82, 2.24) is 0 Å². The predicted octanol–water partition coefficient (Wildman–Crippen LogP) is 0.663. The van der Waals surface area contributed by atoms with Crippen LogP contribution in [-0.2, 0) is 9.53 Å². The SMILES string of the molecule is CCCCOC(=O)C(CC)CCCC.[H-].[Na+]. The Balaban J connectivity index is -0.000000845. The van der Waals surface area contributed by atoms with Crippen LogP contribution in [-0.4, -0.2) is 12.6 Å². The average Bonchev–Trinajstić information content (AvgIpc) is 2.19. The molecule has 0 saturated carbocycles. The van der Waals surface area contributed by atoms with Gasteiger partial charge in [-0.1, -0.05) is 40.0 Å². The van der Waals surface area contributed by atoms with Crippen LogP contribution in [0.5, 0.6) is 0 Å². The Morgan fingerprint density at radius 3 is 2.27 bits per heavy atom. The first-order chi connectivity index (χ1) is 6.76. The van der Waals surface area contributed by atoms with Crippen molar-refractivity contribution >= 4 is 5.97 Å². The molecule has 0 aliphatic carbocycles. The van der Waals surface area contributed by atoms with E-state index in [0.717, 1.165) is 38.5 Å². The second kappa shape index (κ2) is 12.5. The molecule has 0 rings (SSSR count). The Morgan fingerprint density at radius 2 is 1.80 bits per heavy atom. The van der Waals surface area contributed by atoms with E-state index in [9.17, 15) is 4.79 Å². The molecule has 86 valence electrons. The van der Waals surface area contributed by atoms with Gasteiger partial charge in [-0.05, 0) is 19.3 Å². The Morgan fingerprint density at radius 1 is 1.20 bits per heavy atom. The molecule has 0 heterocycles. The van der Waals surface area contributed by atoms with Crippen LogP contribution in [0.3, 0.4) is 0 Å². The van der Waals surface area contributed by atoms with Gasteiger partial charge in [0.15, 0.2) is 0 Å². The number of hydrogen-bond donors (Lipinski definition) is 0. The third-order valence-corrected chi connectivity index (χ3v) is 2.47. The molecule has 0 N–H and O–H groups in total. The van der Waals surface area contributed by atoms with Crippen LogP contribution in [0.4, 0.5) is 0 Å². The van der Waals surface area contributed by atoms with Gasteiger partial charge in [0.25, 0.3) is 0 Å². The molecular weight excluding hydrogens is 199 g/mol. The summed E-state index contributed by atoms with van der Waals surface area (Å²) in [6, 6.07) is 0. The van der Waals surface area contributed by atoms with Crippen molar-refractivity contribution in [3.8, 4) is 0 Å². The standard InChI is InChI=1S/C12H24O2.Na.H/c1-4-7-9-11(6-3)12(13)14-10-8-5-2;;/h11H,4-10H2,1-3H3;;/q;+1;-1. The van der Waals surface area contributed by atoms with Gasteiger partial charge in [-0.2, -0.15) is 0 Å². The van der Waals surface area contributed by atoms with Gasteiger partial charge >= 0.3 is 35.5 Å². The second-order valence-electron chi connectivity index (χ2n) is 3.77. The van der Waals surface area contributed by atoms with Gasteiger partial charge in [-0.15, -0.1) is 0 Å². The van der Waals surface area contributed by atoms with Crippen molar-refractivity contribution in [2.45, 2.75) is 59.3 Å². The van der Waals surface area contributed by atoms with Crippen molar-refractivity contribution in [2.24, 2.45) is 5.92 Å². The van der Waals surface area contributed by atoms with Crippen LogP contribution in [0.15, 0.2) is 0 Å². The van der Waals surface area contributed by atoms with Crippen molar-refractivity contribution < 1.29 is 40.5 Å². The smallest absolute Gasteiger partial charge is 1.00 e. The zero-order valence-electron chi connectivity index (χ0n) is 11.8. The van der Waals surface area contributed by atoms with Gasteiger partial charge < -0.3 is 6.16 Å². The second-order valence-corrected chi connectivity index (χ2v) is 3.77. The minimum Gasteiger partial charge on any atom is -1.00 e. The Labute approximate surface area is 118 Å². The largest absolute Gasteiger partial charge is 1.00 e. The van der Waals surface area contributed by atoms with Crippen LogP contribution >= 0.6 is 0 Å². The maximum Gasteiger partial charge on any atom is 1.00 e. The van der Waals surface area contributed by atoms with E-state index in [0.29, 0.717) is 6.61 Å². The summed E-state index contributed by atoms with van der Waals surface area (Å²) in [6.07, 6.45) is 6.23. The molecule has 0 aromatic carbocycles. The number of ether oxygens (including phenoxy) is 1. The number of unbranched alkanes of at least 4 members (excludes halogenated alkanes) is 2. The van der Waals surface area contributed by atoms with E-state index in [1.165, 1.54) is 0 Å². The van der Waals surface area contributed by atoms with E-state index in [2.05, 4.69) is 20.8 Å². The van der Waals surface area contributed by atoms with Crippen molar-refractivity contribution in [2.75, 3.05) is 6.61 Å². The topological polar surface area (TPSA) is 26.3 Å². The van der Waals surface area contributed by atoms with E-state index in [-0.39, 0.29) is 42.9 Å². The van der Waals surface area contributed by atoms with Crippen molar-refractivity contribution in [3.63, 3.8) is 0 Å². The third-order valence-electron chi connectivity index (χ3n) is 2.47. The molecule has 0 aromatic heterocycles. The fourth-order valence-corrected chi connectivity index (χ4v) is 1.37. The number of rotatable bonds is 8. The van der Waals surface area contributed by atoms with Gasteiger partial charge in [0.05, 0.1) is 12.5 Å². The molecule has 15 heavy (non-hydrogen) atoms. The zero-order chi connectivity index (χ0) is 10.8. The third kappa shape index (κ3) is 9.40. The maximum absolute atomic E-state index is 11.5. The molecule has 0 aliphatic heterocycles. The molecule has 0 aromatic rings. The number of hydrogen-bond acceptors (Lipinski definition) is 2. The number of carbonyl (C=O) groups is 1. The molecule has 1 unspecified atom stereocenters. The summed E-state index contributed by atoms with van der Waals surface area (Å²) in [4.78, 5) is 11.5. The summed E-state index contributed by atoms with van der Waals surface area (Å²) in [7, 11) is 0. The molecule has 0 saturated heterocycles. The molecule has 0 aliphatic rings. The number of carbonyl (C=O) groups excluding carboxylic acids is 1. The van der Waals surface area contributed by atoms with Crippen LogP contribution in [0.1, 0.15) is 60.7 Å². The molecule has 0 fully saturated rings. The van der Waals surface area contributed by atoms with E-state index in [1.54, 1.807) is 0 Å². The molecule has 0 amide bonds. The quantitative estimate of drug-likeness (QED) is 0.344. The summed E-state index contributed by atoms with van der Waals surface area (Å²) in [5, 5.41) is 0. The summed E-state index contributed by atoms with van der Waals surface area (Å²) >= 11 is 0. The average molecular weight is 224 g/mol. The zero-order valence-corrected chi connectivity index (χ0v) is 12.8. The van der Waals surface area contributed by atoms with Gasteiger partial charge in [-0.25, -0.2) is 0 Å². The molecule has 0 spiro atoms. The van der Waals surface area contributed by atoms with E-state index < -0.39 is 0 Å². The summed E-state index contributed by atoms with van der Waals surface area (Å²) in [5.41, 5.74) is 0. The van der Waals surface area contributed by atoms with Gasteiger partial charge in [0.2, 0.25) is 0 Å².